The Morgan fingerprint density at radius 3 is 2.43 bits per heavy atom. The van der Waals surface area contributed by atoms with Gasteiger partial charge in [-0.2, -0.15) is 0 Å². The monoisotopic (exact) mass is 191 g/mol. The third kappa shape index (κ3) is 2.13. The number of ketones is 1. The van der Waals surface area contributed by atoms with Crippen molar-refractivity contribution in [3.05, 3.63) is 29.3 Å². The molecule has 0 saturated carbocycles. The Balaban J connectivity index is 3.06. The van der Waals surface area contributed by atoms with Gasteiger partial charge in [0.2, 0.25) is 0 Å². The zero-order chi connectivity index (χ0) is 10.7. The molecular weight excluding hydrogens is 174 g/mol. The summed E-state index contributed by atoms with van der Waals surface area (Å²) in [6.07, 6.45) is 0.570. The van der Waals surface area contributed by atoms with E-state index in [0.29, 0.717) is 6.42 Å². The molecule has 0 aliphatic heterocycles. The van der Waals surface area contributed by atoms with Crippen LogP contribution >= 0.6 is 0 Å². The molecule has 0 aliphatic rings. The van der Waals surface area contributed by atoms with E-state index in [9.17, 15) is 4.79 Å². The van der Waals surface area contributed by atoms with Crippen molar-refractivity contribution in [2.75, 3.05) is 19.0 Å². The van der Waals surface area contributed by atoms with Crippen molar-refractivity contribution in [1.82, 2.24) is 0 Å². The fraction of sp³-hybridized carbons (Fsp3) is 0.417. The lowest BCUT2D eigenvalue weighted by molar-refractivity contribution is 0.0988. The van der Waals surface area contributed by atoms with Gasteiger partial charge in [0.1, 0.15) is 0 Å². The molecule has 0 spiro atoms. The maximum Gasteiger partial charge on any atom is 0.162 e. The zero-order valence-electron chi connectivity index (χ0n) is 9.29. The highest BCUT2D eigenvalue weighted by molar-refractivity contribution is 5.96. The highest BCUT2D eigenvalue weighted by atomic mass is 16.1. The number of benzene rings is 1. The van der Waals surface area contributed by atoms with Crippen molar-refractivity contribution in [3.8, 4) is 0 Å². The molecule has 0 fully saturated rings. The van der Waals surface area contributed by atoms with Crippen LogP contribution in [0.3, 0.4) is 0 Å². The van der Waals surface area contributed by atoms with Crippen LogP contribution in [0.25, 0.3) is 0 Å². The molecule has 76 valence electrons. The summed E-state index contributed by atoms with van der Waals surface area (Å²) < 4.78 is 0. The third-order valence-corrected chi connectivity index (χ3v) is 2.32. The summed E-state index contributed by atoms with van der Waals surface area (Å²) >= 11 is 0. The molecule has 0 radical (unpaired) electrons. The number of carbonyl (C=O) groups is 1. The van der Waals surface area contributed by atoms with Crippen molar-refractivity contribution < 1.29 is 4.79 Å². The summed E-state index contributed by atoms with van der Waals surface area (Å²) in [7, 11) is 4.01. The standard InChI is InChI=1S/C12H17NO/c1-5-12(14)10-6-7-11(13(3)4)9(2)8-10/h6-8H,5H2,1-4H3. The second-order valence-electron chi connectivity index (χ2n) is 3.67. The predicted octanol–water partition coefficient (Wildman–Crippen LogP) is 2.65. The van der Waals surface area contributed by atoms with Crippen LogP contribution < -0.4 is 4.90 Å². The molecule has 2 heteroatoms. The van der Waals surface area contributed by atoms with E-state index < -0.39 is 0 Å². The molecule has 0 atom stereocenters. The van der Waals surface area contributed by atoms with Gasteiger partial charge in [0.15, 0.2) is 5.78 Å². The average Bonchev–Trinajstić information content (AvgIpc) is 2.15. The van der Waals surface area contributed by atoms with Crippen LogP contribution in [0.1, 0.15) is 29.3 Å². The zero-order valence-corrected chi connectivity index (χ0v) is 9.29. The lowest BCUT2D eigenvalue weighted by atomic mass is 10.0. The van der Waals surface area contributed by atoms with Gasteiger partial charge < -0.3 is 4.90 Å². The van der Waals surface area contributed by atoms with Gasteiger partial charge >= 0.3 is 0 Å². The van der Waals surface area contributed by atoms with Crippen LogP contribution in [0.5, 0.6) is 0 Å². The molecule has 0 amide bonds. The number of rotatable bonds is 3. The molecule has 0 saturated heterocycles. The maximum atomic E-state index is 11.4. The van der Waals surface area contributed by atoms with Gasteiger partial charge in [-0.3, -0.25) is 4.79 Å². The van der Waals surface area contributed by atoms with Gasteiger partial charge in [-0.05, 0) is 30.7 Å². The number of nitrogens with zero attached hydrogens (tertiary/aromatic N) is 1. The molecule has 2 nitrogen and oxygen atoms in total. The fourth-order valence-corrected chi connectivity index (χ4v) is 1.53. The van der Waals surface area contributed by atoms with Crippen LogP contribution in [-0.4, -0.2) is 19.9 Å². The van der Waals surface area contributed by atoms with Gasteiger partial charge in [0.05, 0.1) is 0 Å². The summed E-state index contributed by atoms with van der Waals surface area (Å²) in [6.45, 7) is 3.92. The maximum absolute atomic E-state index is 11.4. The van der Waals surface area contributed by atoms with E-state index in [2.05, 4.69) is 4.90 Å². The quantitative estimate of drug-likeness (QED) is 0.684. The van der Waals surface area contributed by atoms with E-state index in [0.717, 1.165) is 16.8 Å². The second kappa shape index (κ2) is 4.27. The number of hydrogen-bond donors (Lipinski definition) is 0. The molecule has 14 heavy (non-hydrogen) atoms. The molecule has 0 N–H and O–H groups in total. The molecular formula is C12H17NO. The first-order valence-electron chi connectivity index (χ1n) is 4.87. The predicted molar refractivity (Wildman–Crippen MR) is 60.1 cm³/mol. The molecule has 1 aromatic carbocycles. The van der Waals surface area contributed by atoms with E-state index >= 15 is 0 Å². The van der Waals surface area contributed by atoms with Gasteiger partial charge in [0.25, 0.3) is 0 Å². The summed E-state index contributed by atoms with van der Waals surface area (Å²) in [5, 5.41) is 0. The summed E-state index contributed by atoms with van der Waals surface area (Å²) in [4.78, 5) is 13.5. The minimum absolute atomic E-state index is 0.207. The molecule has 1 aromatic rings. The average molecular weight is 191 g/mol. The Hall–Kier alpha value is -1.31. The number of anilines is 1. The van der Waals surface area contributed by atoms with E-state index in [-0.39, 0.29) is 5.78 Å². The fourth-order valence-electron chi connectivity index (χ4n) is 1.53. The van der Waals surface area contributed by atoms with E-state index in [1.54, 1.807) is 0 Å². The second-order valence-corrected chi connectivity index (χ2v) is 3.67. The van der Waals surface area contributed by atoms with Gasteiger partial charge in [-0.1, -0.05) is 6.92 Å². The molecule has 0 aliphatic carbocycles. The number of carbonyl (C=O) groups excluding carboxylic acids is 1. The van der Waals surface area contributed by atoms with Crippen molar-refractivity contribution >= 4 is 11.5 Å². The van der Waals surface area contributed by atoms with E-state index in [1.807, 2.05) is 46.1 Å². The SMILES string of the molecule is CCC(=O)c1ccc(N(C)C)c(C)c1. The minimum Gasteiger partial charge on any atom is -0.377 e. The van der Waals surface area contributed by atoms with Gasteiger partial charge in [0, 0.05) is 31.8 Å². The first-order valence-corrected chi connectivity index (χ1v) is 4.87. The first-order chi connectivity index (χ1) is 6.56. The summed E-state index contributed by atoms with van der Waals surface area (Å²) in [6, 6.07) is 5.85. The molecule has 0 aromatic heterocycles. The van der Waals surface area contributed by atoms with Crippen LogP contribution in [0.15, 0.2) is 18.2 Å². The smallest absolute Gasteiger partial charge is 0.162 e. The molecule has 0 bridgehead atoms. The van der Waals surface area contributed by atoms with Crippen molar-refractivity contribution in [2.24, 2.45) is 0 Å². The number of Topliss-reactive ketones (excluding diaryl/α,β-unsaturated/α-hetero) is 1. The largest absolute Gasteiger partial charge is 0.377 e. The Labute approximate surface area is 85.5 Å². The van der Waals surface area contributed by atoms with Crippen LogP contribution in [-0.2, 0) is 0 Å². The Morgan fingerprint density at radius 2 is 2.00 bits per heavy atom. The highest BCUT2D eigenvalue weighted by Crippen LogP contribution is 2.19. The Kier molecular flexibility index (Phi) is 3.28. The summed E-state index contributed by atoms with van der Waals surface area (Å²) in [5.41, 5.74) is 3.13. The van der Waals surface area contributed by atoms with Gasteiger partial charge in [-0.15, -0.1) is 0 Å². The molecule has 1 rings (SSSR count). The molecule has 0 heterocycles. The van der Waals surface area contributed by atoms with Crippen molar-refractivity contribution in [3.63, 3.8) is 0 Å². The van der Waals surface area contributed by atoms with Crippen LogP contribution in [0, 0.1) is 6.92 Å². The lowest BCUT2D eigenvalue weighted by Crippen LogP contribution is -2.10. The lowest BCUT2D eigenvalue weighted by Gasteiger charge is -2.15. The van der Waals surface area contributed by atoms with E-state index in [4.69, 9.17) is 0 Å². The highest BCUT2D eigenvalue weighted by Gasteiger charge is 2.06. The van der Waals surface area contributed by atoms with Crippen LogP contribution in [0.2, 0.25) is 0 Å². The Morgan fingerprint density at radius 1 is 1.36 bits per heavy atom. The number of aryl methyl sites for hydroxylation is 1. The van der Waals surface area contributed by atoms with Crippen LogP contribution in [0.4, 0.5) is 5.69 Å². The topological polar surface area (TPSA) is 20.3 Å². The molecule has 0 unspecified atom stereocenters. The first kappa shape index (κ1) is 10.8. The normalized spacial score (nSPS) is 10.0. The van der Waals surface area contributed by atoms with Crippen molar-refractivity contribution in [1.29, 1.82) is 0 Å². The number of hydrogen-bond acceptors (Lipinski definition) is 2. The third-order valence-electron chi connectivity index (χ3n) is 2.32. The van der Waals surface area contributed by atoms with E-state index in [1.165, 1.54) is 0 Å². The Bertz CT molecular complexity index is 342. The summed E-state index contributed by atoms with van der Waals surface area (Å²) in [5.74, 6) is 0.207. The van der Waals surface area contributed by atoms with Gasteiger partial charge in [-0.25, -0.2) is 0 Å². The van der Waals surface area contributed by atoms with Crippen molar-refractivity contribution in [2.45, 2.75) is 20.3 Å². The minimum atomic E-state index is 0.207.